The predicted octanol–water partition coefficient (Wildman–Crippen LogP) is 6.60. The highest BCUT2D eigenvalue weighted by molar-refractivity contribution is 5.98. The molecule has 1 aliphatic carbocycles. The number of phenolic OH excluding ortho intramolecular Hbond substituents is 1. The average molecular weight is 472 g/mol. The van der Waals surface area contributed by atoms with Crippen LogP contribution in [0.25, 0.3) is 11.1 Å². The van der Waals surface area contributed by atoms with Gasteiger partial charge in [-0.1, -0.05) is 48.5 Å². The Morgan fingerprint density at radius 2 is 1.34 bits per heavy atom. The van der Waals surface area contributed by atoms with Crippen molar-refractivity contribution in [3.05, 3.63) is 101 Å². The molecule has 2 fully saturated rings. The van der Waals surface area contributed by atoms with Gasteiger partial charge in [-0.15, -0.1) is 0 Å². The van der Waals surface area contributed by atoms with Gasteiger partial charge in [0, 0.05) is 12.6 Å². The molecule has 0 atom stereocenters. The number of benzene rings is 3. The summed E-state index contributed by atoms with van der Waals surface area (Å²) in [5.41, 5.74) is 6.54. The van der Waals surface area contributed by atoms with E-state index < -0.39 is 0 Å². The van der Waals surface area contributed by atoms with Gasteiger partial charge in [-0.05, 0) is 115 Å². The number of piperidine rings is 1. The van der Waals surface area contributed by atoms with Crippen molar-refractivity contribution in [2.45, 2.75) is 50.5 Å². The van der Waals surface area contributed by atoms with Crippen LogP contribution in [0.4, 0.5) is 4.39 Å². The Bertz CT molecular complexity index is 1140. The number of nitrogens with zero attached hydrogens (tertiary/aromatic N) is 1. The van der Waals surface area contributed by atoms with Crippen LogP contribution in [0.3, 0.4) is 0 Å². The van der Waals surface area contributed by atoms with Crippen LogP contribution in [-0.2, 0) is 0 Å². The maximum absolute atomic E-state index is 13.7. The molecule has 35 heavy (non-hydrogen) atoms. The molecule has 0 radical (unpaired) electrons. The lowest BCUT2D eigenvalue weighted by molar-refractivity contribution is 0.203. The van der Waals surface area contributed by atoms with Crippen LogP contribution in [0.1, 0.15) is 66.7 Å². The molecule has 3 aromatic rings. The van der Waals surface area contributed by atoms with Gasteiger partial charge in [-0.2, -0.15) is 0 Å². The molecule has 2 aliphatic rings. The van der Waals surface area contributed by atoms with E-state index in [1.807, 2.05) is 24.3 Å². The number of hydrogen-bond donors (Lipinski definition) is 2. The Hall–Kier alpha value is -2.95. The lowest BCUT2D eigenvalue weighted by atomic mass is 9.85. The fourth-order valence-electron chi connectivity index (χ4n) is 5.42. The molecule has 3 nitrogen and oxygen atoms in total. The molecule has 1 aliphatic heterocycles. The molecule has 0 aromatic heterocycles. The highest BCUT2D eigenvalue weighted by Gasteiger charge is 2.32. The molecule has 1 saturated carbocycles. The highest BCUT2D eigenvalue weighted by Crippen LogP contribution is 2.38. The zero-order valence-electron chi connectivity index (χ0n) is 20.2. The average Bonchev–Trinajstić information content (AvgIpc) is 3.74. The summed E-state index contributed by atoms with van der Waals surface area (Å²) in [7, 11) is 0. The summed E-state index contributed by atoms with van der Waals surface area (Å²) in [6.07, 6.45) is 6.46. The van der Waals surface area contributed by atoms with E-state index in [4.69, 9.17) is 0 Å². The summed E-state index contributed by atoms with van der Waals surface area (Å²) in [5, 5.41) is 19.5. The molecule has 3 aromatic carbocycles. The van der Waals surface area contributed by atoms with E-state index in [1.165, 1.54) is 56.5 Å². The third-order valence-corrected chi connectivity index (χ3v) is 7.50. The Kier molecular flexibility index (Phi) is 7.31. The van der Waals surface area contributed by atoms with Crippen LogP contribution in [0.15, 0.2) is 72.8 Å². The van der Waals surface area contributed by atoms with Crippen LogP contribution in [0.5, 0.6) is 5.75 Å². The molecule has 0 unspecified atom stereocenters. The summed E-state index contributed by atoms with van der Waals surface area (Å²) in [5.74, 6) is 0.560. The van der Waals surface area contributed by atoms with Crippen LogP contribution in [0, 0.1) is 5.82 Å². The van der Waals surface area contributed by atoms with Crippen molar-refractivity contribution in [3.8, 4) is 5.75 Å². The third-order valence-electron chi connectivity index (χ3n) is 7.50. The largest absolute Gasteiger partial charge is 0.508 e. The highest BCUT2D eigenvalue weighted by atomic mass is 19.1. The Morgan fingerprint density at radius 1 is 0.771 bits per heavy atom. The first-order chi connectivity index (χ1) is 17.1. The minimum atomic E-state index is -0.265. The molecule has 0 bridgehead atoms. The van der Waals surface area contributed by atoms with Crippen molar-refractivity contribution >= 4 is 11.1 Å². The third kappa shape index (κ3) is 5.66. The van der Waals surface area contributed by atoms with E-state index in [-0.39, 0.29) is 18.2 Å². The number of hydrogen-bond acceptors (Lipinski definition) is 3. The van der Waals surface area contributed by atoms with Crippen LogP contribution in [0.2, 0.25) is 0 Å². The van der Waals surface area contributed by atoms with E-state index in [1.54, 1.807) is 12.1 Å². The van der Waals surface area contributed by atoms with Crippen molar-refractivity contribution in [2.75, 3.05) is 19.7 Å². The number of aliphatic hydroxyl groups is 1. The number of halogens is 1. The Balaban J connectivity index is 1.51. The number of allylic oxidation sites excluding steroid dienone is 1. The molecule has 1 heterocycles. The van der Waals surface area contributed by atoms with Gasteiger partial charge in [0.1, 0.15) is 11.6 Å². The van der Waals surface area contributed by atoms with Crippen LogP contribution >= 0.6 is 0 Å². The normalized spacial score (nSPS) is 17.9. The number of aliphatic hydroxyl groups excluding tert-OH is 1. The number of phenols is 1. The lowest BCUT2D eigenvalue weighted by Gasteiger charge is -2.32. The lowest BCUT2D eigenvalue weighted by Crippen LogP contribution is -2.34. The quantitative estimate of drug-likeness (QED) is 0.364. The van der Waals surface area contributed by atoms with Gasteiger partial charge < -0.3 is 15.1 Å². The van der Waals surface area contributed by atoms with Gasteiger partial charge in [0.15, 0.2) is 0 Å². The standard InChI is InChI=1S/C31H34FNO2/c32-27-11-7-24(8-12-27)30(2-1-21-34)31(26-9-15-29(35)16-10-26)25-5-3-22(4-6-25)23-17-19-33(20-18-23)28-13-14-28/h3-12,15-16,23,28,34-35H,1-2,13-14,17-21H2. The smallest absolute Gasteiger partial charge is 0.123 e. The molecule has 4 heteroatoms. The number of rotatable bonds is 8. The molecule has 1 saturated heterocycles. The second-order valence-corrected chi connectivity index (χ2v) is 9.90. The fraction of sp³-hybridized carbons (Fsp3) is 0.355. The summed E-state index contributed by atoms with van der Waals surface area (Å²) < 4.78 is 13.7. The molecule has 5 rings (SSSR count). The summed E-state index contributed by atoms with van der Waals surface area (Å²) in [6, 6.07) is 23.6. The molecule has 2 N–H and O–H groups in total. The molecule has 0 amide bonds. The second-order valence-electron chi connectivity index (χ2n) is 9.90. The maximum atomic E-state index is 13.7. The minimum Gasteiger partial charge on any atom is -0.508 e. The molecular weight excluding hydrogens is 437 g/mol. The molecule has 182 valence electrons. The summed E-state index contributed by atoms with van der Waals surface area (Å²) in [6.45, 7) is 2.49. The van der Waals surface area contributed by atoms with E-state index in [0.29, 0.717) is 18.8 Å². The second kappa shape index (κ2) is 10.8. The SMILES string of the molecule is OCCCC(=C(c1ccc(O)cc1)c1ccc(C2CCN(C3CC3)CC2)cc1)c1ccc(F)cc1. The van der Waals surface area contributed by atoms with Crippen molar-refractivity contribution in [3.63, 3.8) is 0 Å². The van der Waals surface area contributed by atoms with Crippen LogP contribution in [-0.4, -0.2) is 40.9 Å². The summed E-state index contributed by atoms with van der Waals surface area (Å²) in [4.78, 5) is 2.66. The van der Waals surface area contributed by atoms with E-state index >= 15 is 0 Å². The molecule has 0 spiro atoms. The van der Waals surface area contributed by atoms with E-state index in [2.05, 4.69) is 29.2 Å². The first kappa shape index (κ1) is 23.8. The van der Waals surface area contributed by atoms with E-state index in [0.717, 1.165) is 33.9 Å². The van der Waals surface area contributed by atoms with Gasteiger partial charge in [0.05, 0.1) is 0 Å². The zero-order valence-corrected chi connectivity index (χ0v) is 20.2. The summed E-state index contributed by atoms with van der Waals surface area (Å²) >= 11 is 0. The van der Waals surface area contributed by atoms with E-state index in [9.17, 15) is 14.6 Å². The topological polar surface area (TPSA) is 43.7 Å². The fourth-order valence-corrected chi connectivity index (χ4v) is 5.42. The van der Waals surface area contributed by atoms with Gasteiger partial charge >= 0.3 is 0 Å². The Labute approximate surface area is 207 Å². The minimum absolute atomic E-state index is 0.0893. The predicted molar refractivity (Wildman–Crippen MR) is 140 cm³/mol. The van der Waals surface area contributed by atoms with Gasteiger partial charge in [0.2, 0.25) is 0 Å². The van der Waals surface area contributed by atoms with Crippen molar-refractivity contribution in [1.29, 1.82) is 0 Å². The van der Waals surface area contributed by atoms with Crippen molar-refractivity contribution in [1.82, 2.24) is 4.90 Å². The van der Waals surface area contributed by atoms with Gasteiger partial charge in [0.25, 0.3) is 0 Å². The molecular formula is C31H34FNO2. The zero-order chi connectivity index (χ0) is 24.2. The number of likely N-dealkylation sites (tertiary alicyclic amines) is 1. The maximum Gasteiger partial charge on any atom is 0.123 e. The van der Waals surface area contributed by atoms with Gasteiger partial charge in [-0.25, -0.2) is 4.39 Å². The first-order valence-corrected chi connectivity index (χ1v) is 12.9. The Morgan fingerprint density at radius 3 is 1.91 bits per heavy atom. The van der Waals surface area contributed by atoms with Crippen molar-refractivity contribution in [2.24, 2.45) is 0 Å². The van der Waals surface area contributed by atoms with Crippen molar-refractivity contribution < 1.29 is 14.6 Å². The number of aromatic hydroxyl groups is 1. The first-order valence-electron chi connectivity index (χ1n) is 12.9. The monoisotopic (exact) mass is 471 g/mol. The van der Waals surface area contributed by atoms with Gasteiger partial charge in [-0.3, -0.25) is 0 Å². The van der Waals surface area contributed by atoms with Crippen LogP contribution < -0.4 is 0 Å².